The summed E-state index contributed by atoms with van der Waals surface area (Å²) in [6.45, 7) is 5.37. The summed E-state index contributed by atoms with van der Waals surface area (Å²) in [6.07, 6.45) is 0. The summed E-state index contributed by atoms with van der Waals surface area (Å²) < 4.78 is 13.2. The van der Waals surface area contributed by atoms with Crippen LogP contribution < -0.4 is 19.7 Å². The van der Waals surface area contributed by atoms with Crippen LogP contribution in [0, 0.1) is 13.8 Å². The number of nitrogens with zero attached hydrogens (tertiary/aromatic N) is 4. The monoisotopic (exact) mass is 597 g/mol. The van der Waals surface area contributed by atoms with E-state index in [1.807, 2.05) is 84.3 Å². The van der Waals surface area contributed by atoms with Gasteiger partial charge >= 0.3 is 0 Å². The number of fused-ring (bicyclic) bond motifs is 2. The van der Waals surface area contributed by atoms with Gasteiger partial charge in [-0.15, -0.1) is 11.8 Å². The first-order chi connectivity index (χ1) is 20.8. The number of rotatable bonds is 8. The van der Waals surface area contributed by atoms with Crippen LogP contribution in [0.1, 0.15) is 27.5 Å². The largest absolute Gasteiger partial charge is 0.454 e. The second kappa shape index (κ2) is 12.1. The van der Waals surface area contributed by atoms with Gasteiger partial charge in [-0.25, -0.2) is 4.68 Å². The number of hydrogen-bond donors (Lipinski definition) is 1. The smallest absolute Gasteiger partial charge is 0.240 e. The summed E-state index contributed by atoms with van der Waals surface area (Å²) in [5.41, 5.74) is 6.56. The number of aryl methyl sites for hydroxylation is 1. The molecule has 1 unspecified atom stereocenters. The second-order valence-corrected chi connectivity index (χ2v) is 12.1. The Morgan fingerprint density at radius 1 is 1.05 bits per heavy atom. The van der Waals surface area contributed by atoms with Crippen molar-refractivity contribution < 1.29 is 19.1 Å². The lowest BCUT2D eigenvalue weighted by Crippen LogP contribution is -2.43. The molecule has 1 N–H and O–H groups in total. The van der Waals surface area contributed by atoms with Crippen molar-refractivity contribution in [2.24, 2.45) is 0 Å². The quantitative estimate of drug-likeness (QED) is 0.314. The van der Waals surface area contributed by atoms with Crippen molar-refractivity contribution in [2.75, 3.05) is 51.2 Å². The van der Waals surface area contributed by atoms with Crippen LogP contribution in [0.2, 0.25) is 0 Å². The Hall–Kier alpha value is -4.28. The third-order valence-corrected chi connectivity index (χ3v) is 9.08. The van der Waals surface area contributed by atoms with Gasteiger partial charge in [0.2, 0.25) is 18.6 Å². The predicted octanol–water partition coefficient (Wildman–Crippen LogP) is 4.73. The van der Waals surface area contributed by atoms with Crippen molar-refractivity contribution in [1.29, 1.82) is 0 Å². The van der Waals surface area contributed by atoms with E-state index in [0.29, 0.717) is 30.4 Å². The molecular formula is C33H35N5O4S. The number of thioether (sulfide) groups is 1. The van der Waals surface area contributed by atoms with Crippen LogP contribution in [0.5, 0.6) is 11.5 Å². The van der Waals surface area contributed by atoms with E-state index in [4.69, 9.17) is 14.6 Å². The van der Waals surface area contributed by atoms with E-state index < -0.39 is 0 Å². The van der Waals surface area contributed by atoms with Gasteiger partial charge in [0, 0.05) is 24.2 Å². The average Bonchev–Trinajstić information content (AvgIpc) is 3.59. The van der Waals surface area contributed by atoms with Gasteiger partial charge in [-0.05, 0) is 62.8 Å². The van der Waals surface area contributed by atoms with Crippen molar-refractivity contribution in [2.45, 2.75) is 19.1 Å². The third-order valence-electron chi connectivity index (χ3n) is 7.82. The lowest BCUT2D eigenvalue weighted by Gasteiger charge is -2.24. The number of aromatic nitrogens is 2. The first-order valence-corrected chi connectivity index (χ1v) is 15.3. The van der Waals surface area contributed by atoms with Crippen LogP contribution in [0.4, 0.5) is 5.82 Å². The minimum absolute atomic E-state index is 0.113. The minimum atomic E-state index is -0.260. The summed E-state index contributed by atoms with van der Waals surface area (Å²) in [4.78, 5) is 30.9. The van der Waals surface area contributed by atoms with Crippen molar-refractivity contribution >= 4 is 29.4 Å². The number of likely N-dealkylation sites (N-methyl/N-ethyl adjacent to an activating group) is 1. The molecule has 1 atom stereocenters. The Bertz CT molecular complexity index is 1670. The second-order valence-electron chi connectivity index (χ2n) is 11.0. The molecule has 2 amide bonds. The molecule has 222 valence electrons. The Morgan fingerprint density at radius 2 is 1.84 bits per heavy atom. The normalized spacial score (nSPS) is 15.9. The highest BCUT2D eigenvalue weighted by atomic mass is 32.2. The van der Waals surface area contributed by atoms with Crippen molar-refractivity contribution in [1.82, 2.24) is 20.0 Å². The molecule has 0 aliphatic carbocycles. The molecule has 0 spiro atoms. The maximum Gasteiger partial charge on any atom is 0.240 e. The maximum atomic E-state index is 14.0. The highest BCUT2D eigenvalue weighted by Crippen LogP contribution is 2.50. The zero-order valence-electron chi connectivity index (χ0n) is 24.8. The minimum Gasteiger partial charge on any atom is -0.454 e. The summed E-state index contributed by atoms with van der Waals surface area (Å²) in [7, 11) is 3.91. The fraction of sp³-hybridized carbons (Fsp3) is 0.303. The molecule has 43 heavy (non-hydrogen) atoms. The number of amides is 2. The SMILES string of the molecule is Cc1cccc(-n2nc(-c3ccccc3)c3c2N(CC(=O)NCCN(C)C)C(=O)CSC3c2ccc3c(c2)OCO3)c1C. The summed E-state index contributed by atoms with van der Waals surface area (Å²) >= 11 is 1.53. The van der Waals surface area contributed by atoms with Gasteiger partial charge in [-0.1, -0.05) is 48.5 Å². The molecule has 0 fully saturated rings. The summed E-state index contributed by atoms with van der Waals surface area (Å²) in [6, 6.07) is 22.0. The highest BCUT2D eigenvalue weighted by Gasteiger charge is 2.38. The number of nitrogens with one attached hydrogen (secondary N) is 1. The maximum absolute atomic E-state index is 14.0. The van der Waals surface area contributed by atoms with E-state index >= 15 is 0 Å². The van der Waals surface area contributed by atoms with E-state index in [2.05, 4.69) is 25.2 Å². The molecule has 10 heteroatoms. The molecule has 0 bridgehead atoms. The zero-order valence-corrected chi connectivity index (χ0v) is 25.6. The molecule has 3 heterocycles. The predicted molar refractivity (Wildman–Crippen MR) is 169 cm³/mol. The Morgan fingerprint density at radius 3 is 2.63 bits per heavy atom. The third kappa shape index (κ3) is 5.72. The molecule has 4 aromatic rings. The molecule has 1 aromatic heterocycles. The first kappa shape index (κ1) is 28.8. The van der Waals surface area contributed by atoms with E-state index in [1.54, 1.807) is 4.90 Å². The number of anilines is 1. The number of benzene rings is 3. The zero-order chi connectivity index (χ0) is 30.1. The molecule has 2 aliphatic heterocycles. The van der Waals surface area contributed by atoms with Gasteiger partial charge in [0.15, 0.2) is 11.5 Å². The lowest BCUT2D eigenvalue weighted by molar-refractivity contribution is -0.122. The number of ether oxygens (including phenoxy) is 2. The molecule has 6 rings (SSSR count). The fourth-order valence-electron chi connectivity index (χ4n) is 5.42. The van der Waals surface area contributed by atoms with E-state index in [0.717, 1.165) is 39.2 Å². The fourth-order valence-corrected chi connectivity index (χ4v) is 6.61. The molecule has 0 saturated carbocycles. The van der Waals surface area contributed by atoms with Crippen LogP contribution >= 0.6 is 11.8 Å². The molecule has 0 radical (unpaired) electrons. The van der Waals surface area contributed by atoms with E-state index in [9.17, 15) is 9.59 Å². The van der Waals surface area contributed by atoms with Crippen molar-refractivity contribution in [3.63, 3.8) is 0 Å². The standard InChI is InChI=1S/C33H35N5O4S/c1-21-9-8-12-25(22(21)2)38-33-30(31(35-38)23-10-6-5-7-11-23)32(24-13-14-26-27(17-24)42-20-41-26)43-19-29(40)37(33)18-28(39)34-15-16-36(3)4/h5-14,17,32H,15-16,18-20H2,1-4H3,(H,34,39). The lowest BCUT2D eigenvalue weighted by atomic mass is 9.99. The van der Waals surface area contributed by atoms with Gasteiger partial charge in [0.25, 0.3) is 0 Å². The average molecular weight is 598 g/mol. The first-order valence-electron chi connectivity index (χ1n) is 14.3. The number of carbonyl (C=O) groups excluding carboxylic acids is 2. The molecule has 9 nitrogen and oxygen atoms in total. The van der Waals surface area contributed by atoms with E-state index in [-0.39, 0.29) is 36.2 Å². The van der Waals surface area contributed by atoms with Crippen molar-refractivity contribution in [3.8, 4) is 28.4 Å². The highest BCUT2D eigenvalue weighted by molar-refractivity contribution is 8.00. The van der Waals surface area contributed by atoms with Gasteiger partial charge in [-0.3, -0.25) is 14.5 Å². The molecule has 0 saturated heterocycles. The van der Waals surface area contributed by atoms with Gasteiger partial charge in [0.05, 0.1) is 22.4 Å². The van der Waals surface area contributed by atoms with Gasteiger partial charge < -0.3 is 19.7 Å². The van der Waals surface area contributed by atoms with Gasteiger partial charge in [-0.2, -0.15) is 5.10 Å². The number of carbonyl (C=O) groups is 2. The van der Waals surface area contributed by atoms with Crippen LogP contribution in [-0.4, -0.2) is 72.8 Å². The summed E-state index contributed by atoms with van der Waals surface area (Å²) in [5, 5.41) is 7.94. The van der Waals surface area contributed by atoms with Crippen molar-refractivity contribution in [3.05, 3.63) is 89.0 Å². The van der Waals surface area contributed by atoms with Crippen LogP contribution in [0.15, 0.2) is 66.7 Å². The Kier molecular flexibility index (Phi) is 8.14. The van der Waals surface area contributed by atoms with Crippen LogP contribution in [0.25, 0.3) is 16.9 Å². The van der Waals surface area contributed by atoms with E-state index in [1.165, 1.54) is 11.8 Å². The molecule has 2 aliphatic rings. The number of hydrogen-bond acceptors (Lipinski definition) is 7. The Balaban J connectivity index is 1.57. The van der Waals surface area contributed by atoms with Gasteiger partial charge in [0.1, 0.15) is 12.4 Å². The van der Waals surface area contributed by atoms with Crippen LogP contribution in [0.3, 0.4) is 0 Å². The summed E-state index contributed by atoms with van der Waals surface area (Å²) in [5.74, 6) is 1.80. The Labute approximate surface area is 255 Å². The molecular weight excluding hydrogens is 562 g/mol. The van der Waals surface area contributed by atoms with Crippen LogP contribution in [-0.2, 0) is 9.59 Å². The topological polar surface area (TPSA) is 88.9 Å². The molecule has 3 aromatic carbocycles.